The molecule has 0 aromatic heterocycles. The second kappa shape index (κ2) is 7.45. The molecule has 0 aliphatic rings. The first-order valence-electron chi connectivity index (χ1n) is 8.28. The average molecular weight is 309 g/mol. The summed E-state index contributed by atoms with van der Waals surface area (Å²) < 4.78 is 0. The van der Waals surface area contributed by atoms with Gasteiger partial charge in [0.05, 0.1) is 0 Å². The average Bonchev–Trinajstić information content (AvgIpc) is 2.41. The van der Waals surface area contributed by atoms with Crippen LogP contribution in [0.3, 0.4) is 0 Å². The SMILES string of the molecule is Cc1cc(C)cc(CC(C)CC(=O)Nc2cc(C)ccc2C)c1. The third-order valence-corrected chi connectivity index (χ3v) is 4.07. The summed E-state index contributed by atoms with van der Waals surface area (Å²) in [5, 5.41) is 3.05. The first-order chi connectivity index (χ1) is 10.8. The van der Waals surface area contributed by atoms with Crippen LogP contribution in [0.15, 0.2) is 36.4 Å². The van der Waals surface area contributed by atoms with Crippen molar-refractivity contribution in [2.45, 2.75) is 47.5 Å². The van der Waals surface area contributed by atoms with Crippen LogP contribution in [-0.2, 0) is 11.2 Å². The van der Waals surface area contributed by atoms with Crippen molar-refractivity contribution >= 4 is 11.6 Å². The molecular weight excluding hydrogens is 282 g/mol. The van der Waals surface area contributed by atoms with E-state index in [0.717, 1.165) is 23.2 Å². The molecule has 0 fully saturated rings. The van der Waals surface area contributed by atoms with Crippen LogP contribution < -0.4 is 5.32 Å². The maximum absolute atomic E-state index is 12.3. The van der Waals surface area contributed by atoms with Crippen molar-refractivity contribution in [1.29, 1.82) is 0 Å². The van der Waals surface area contributed by atoms with Crippen molar-refractivity contribution < 1.29 is 4.79 Å². The van der Waals surface area contributed by atoms with Crippen LogP contribution >= 0.6 is 0 Å². The number of aryl methyl sites for hydroxylation is 4. The standard InChI is InChI=1S/C21H27NO/c1-14-6-7-18(5)20(12-14)22-21(23)13-17(4)11-19-9-15(2)8-16(3)10-19/h6-10,12,17H,11,13H2,1-5H3,(H,22,23). The van der Waals surface area contributed by atoms with Crippen LogP contribution in [0.2, 0.25) is 0 Å². The molecule has 0 aliphatic carbocycles. The molecule has 0 saturated heterocycles. The van der Waals surface area contributed by atoms with Gasteiger partial charge in [0, 0.05) is 12.1 Å². The third kappa shape index (κ3) is 5.24. The molecule has 2 heteroatoms. The topological polar surface area (TPSA) is 29.1 Å². The maximum atomic E-state index is 12.3. The molecule has 0 heterocycles. The Morgan fingerprint density at radius 2 is 1.61 bits per heavy atom. The maximum Gasteiger partial charge on any atom is 0.224 e. The predicted molar refractivity (Wildman–Crippen MR) is 97.9 cm³/mol. The highest BCUT2D eigenvalue weighted by Gasteiger charge is 2.12. The monoisotopic (exact) mass is 309 g/mol. The summed E-state index contributed by atoms with van der Waals surface area (Å²) in [6.45, 7) is 10.4. The first kappa shape index (κ1) is 17.3. The Labute approximate surface area is 139 Å². The van der Waals surface area contributed by atoms with E-state index in [1.54, 1.807) is 0 Å². The van der Waals surface area contributed by atoms with Crippen molar-refractivity contribution in [3.05, 3.63) is 64.2 Å². The van der Waals surface area contributed by atoms with E-state index in [2.05, 4.69) is 50.4 Å². The molecule has 0 radical (unpaired) electrons. The summed E-state index contributed by atoms with van der Waals surface area (Å²) in [6.07, 6.45) is 1.48. The van der Waals surface area contributed by atoms with Crippen LogP contribution in [-0.4, -0.2) is 5.91 Å². The number of hydrogen-bond donors (Lipinski definition) is 1. The molecule has 0 aliphatic heterocycles. The van der Waals surface area contributed by atoms with E-state index in [9.17, 15) is 4.79 Å². The third-order valence-electron chi connectivity index (χ3n) is 4.07. The Bertz CT molecular complexity index is 683. The van der Waals surface area contributed by atoms with E-state index < -0.39 is 0 Å². The Morgan fingerprint density at radius 3 is 2.26 bits per heavy atom. The Balaban J connectivity index is 1.95. The predicted octanol–water partition coefficient (Wildman–Crippen LogP) is 5.13. The van der Waals surface area contributed by atoms with Gasteiger partial charge in [-0.15, -0.1) is 0 Å². The minimum absolute atomic E-state index is 0.0931. The zero-order chi connectivity index (χ0) is 17.0. The number of rotatable bonds is 5. The van der Waals surface area contributed by atoms with Crippen molar-refractivity contribution in [3.8, 4) is 0 Å². The first-order valence-corrected chi connectivity index (χ1v) is 8.28. The molecule has 2 rings (SSSR count). The normalized spacial score (nSPS) is 12.0. The fourth-order valence-electron chi connectivity index (χ4n) is 3.05. The molecule has 2 nitrogen and oxygen atoms in total. The highest BCUT2D eigenvalue weighted by atomic mass is 16.1. The van der Waals surface area contributed by atoms with E-state index in [4.69, 9.17) is 0 Å². The highest BCUT2D eigenvalue weighted by Crippen LogP contribution is 2.19. The summed E-state index contributed by atoms with van der Waals surface area (Å²) in [5.41, 5.74) is 7.07. The van der Waals surface area contributed by atoms with E-state index in [1.807, 2.05) is 26.0 Å². The number of amides is 1. The highest BCUT2D eigenvalue weighted by molar-refractivity contribution is 5.91. The number of benzene rings is 2. The fraction of sp³-hybridized carbons (Fsp3) is 0.381. The Morgan fingerprint density at radius 1 is 0.957 bits per heavy atom. The van der Waals surface area contributed by atoms with Crippen molar-refractivity contribution in [3.63, 3.8) is 0 Å². The van der Waals surface area contributed by atoms with Crippen LogP contribution in [0.4, 0.5) is 5.69 Å². The molecule has 1 unspecified atom stereocenters. The Kier molecular flexibility index (Phi) is 5.59. The van der Waals surface area contributed by atoms with Gasteiger partial charge in [-0.3, -0.25) is 4.79 Å². The van der Waals surface area contributed by atoms with Gasteiger partial charge < -0.3 is 5.32 Å². The number of hydrogen-bond acceptors (Lipinski definition) is 1. The lowest BCUT2D eigenvalue weighted by atomic mass is 9.95. The number of nitrogens with one attached hydrogen (secondary N) is 1. The van der Waals surface area contributed by atoms with Gasteiger partial charge in [-0.2, -0.15) is 0 Å². The largest absolute Gasteiger partial charge is 0.326 e. The van der Waals surface area contributed by atoms with Crippen LogP contribution in [0.25, 0.3) is 0 Å². The minimum atomic E-state index is 0.0931. The zero-order valence-electron chi connectivity index (χ0n) is 14.9. The van der Waals surface area contributed by atoms with Gasteiger partial charge in [-0.1, -0.05) is 48.4 Å². The second-order valence-electron chi connectivity index (χ2n) is 6.88. The lowest BCUT2D eigenvalue weighted by Gasteiger charge is -2.14. The molecule has 1 atom stereocenters. The molecule has 0 spiro atoms. The van der Waals surface area contributed by atoms with Gasteiger partial charge in [-0.25, -0.2) is 0 Å². The molecule has 0 saturated carbocycles. The van der Waals surface area contributed by atoms with Gasteiger partial charge in [0.2, 0.25) is 5.91 Å². The molecular formula is C21H27NO. The van der Waals surface area contributed by atoms with Crippen molar-refractivity contribution in [1.82, 2.24) is 0 Å². The summed E-state index contributed by atoms with van der Waals surface area (Å²) >= 11 is 0. The van der Waals surface area contributed by atoms with Crippen LogP contribution in [0.1, 0.15) is 41.2 Å². The van der Waals surface area contributed by atoms with Crippen LogP contribution in [0, 0.1) is 33.6 Å². The Hall–Kier alpha value is -2.09. The number of carbonyl (C=O) groups excluding carboxylic acids is 1. The minimum Gasteiger partial charge on any atom is -0.326 e. The zero-order valence-corrected chi connectivity index (χ0v) is 14.9. The lowest BCUT2D eigenvalue weighted by molar-refractivity contribution is -0.116. The fourth-order valence-corrected chi connectivity index (χ4v) is 3.05. The van der Waals surface area contributed by atoms with Gasteiger partial charge in [0.25, 0.3) is 0 Å². The van der Waals surface area contributed by atoms with Gasteiger partial charge in [-0.05, 0) is 62.8 Å². The molecule has 2 aromatic rings. The number of carbonyl (C=O) groups is 1. The van der Waals surface area contributed by atoms with Gasteiger partial charge >= 0.3 is 0 Å². The smallest absolute Gasteiger partial charge is 0.224 e. The van der Waals surface area contributed by atoms with Crippen molar-refractivity contribution in [2.75, 3.05) is 5.32 Å². The number of anilines is 1. The molecule has 23 heavy (non-hydrogen) atoms. The van der Waals surface area contributed by atoms with Crippen molar-refractivity contribution in [2.24, 2.45) is 5.92 Å². The summed E-state index contributed by atoms with van der Waals surface area (Å²) in [6, 6.07) is 12.7. The molecule has 1 N–H and O–H groups in total. The molecule has 122 valence electrons. The molecule has 0 bridgehead atoms. The molecule has 1 amide bonds. The summed E-state index contributed by atoms with van der Waals surface area (Å²) in [7, 11) is 0. The van der Waals surface area contributed by atoms with E-state index in [0.29, 0.717) is 12.3 Å². The van der Waals surface area contributed by atoms with E-state index >= 15 is 0 Å². The van der Waals surface area contributed by atoms with Gasteiger partial charge in [0.15, 0.2) is 0 Å². The second-order valence-corrected chi connectivity index (χ2v) is 6.88. The van der Waals surface area contributed by atoms with Crippen LogP contribution in [0.5, 0.6) is 0 Å². The van der Waals surface area contributed by atoms with E-state index in [-0.39, 0.29) is 5.91 Å². The van der Waals surface area contributed by atoms with E-state index in [1.165, 1.54) is 16.7 Å². The lowest BCUT2D eigenvalue weighted by Crippen LogP contribution is -2.17. The van der Waals surface area contributed by atoms with Gasteiger partial charge in [0.1, 0.15) is 0 Å². The quantitative estimate of drug-likeness (QED) is 0.815. The molecule has 2 aromatic carbocycles. The summed E-state index contributed by atoms with van der Waals surface area (Å²) in [4.78, 5) is 12.3. The summed E-state index contributed by atoms with van der Waals surface area (Å²) in [5.74, 6) is 0.414.